The Balaban J connectivity index is 1.81. The van der Waals surface area contributed by atoms with Crippen LogP contribution >= 0.6 is 0 Å². The van der Waals surface area contributed by atoms with Crippen LogP contribution < -0.4 is 0 Å². The summed E-state index contributed by atoms with van der Waals surface area (Å²) in [5.74, 6) is 2.55. The van der Waals surface area contributed by atoms with Gasteiger partial charge in [-0.05, 0) is 72.5 Å². The molecule has 0 radical (unpaired) electrons. The maximum atomic E-state index is 4.40. The molecule has 0 N–H and O–H groups in total. The van der Waals surface area contributed by atoms with E-state index in [0.29, 0.717) is 16.2 Å². The molecule has 0 aromatic rings. The average molecular weight is 270 g/mol. The van der Waals surface area contributed by atoms with Crippen LogP contribution in [0.2, 0.25) is 0 Å². The minimum atomic E-state index is 0.498. The highest BCUT2D eigenvalue weighted by Crippen LogP contribution is 2.69. The highest BCUT2D eigenvalue weighted by molar-refractivity contribution is 5.29. The number of fused-ring (bicyclic) bond motifs is 3. The summed E-state index contributed by atoms with van der Waals surface area (Å²) in [5.41, 5.74) is 3.11. The third-order valence-electron chi connectivity index (χ3n) is 7.76. The van der Waals surface area contributed by atoms with Gasteiger partial charge in [0.05, 0.1) is 0 Å². The largest absolute Gasteiger partial charge is 0.0995 e. The molecular weight excluding hydrogens is 240 g/mol. The zero-order valence-electron chi connectivity index (χ0n) is 13.5. The maximum Gasteiger partial charge on any atom is -0.00417 e. The quantitative estimate of drug-likeness (QED) is 0.491. The molecule has 0 heteroatoms. The maximum absolute atomic E-state index is 4.40. The van der Waals surface area contributed by atoms with Crippen LogP contribution in [0.1, 0.15) is 65.7 Å². The molecule has 4 aliphatic carbocycles. The molecule has 0 saturated heterocycles. The lowest BCUT2D eigenvalue weighted by Crippen LogP contribution is -2.53. The zero-order chi connectivity index (χ0) is 14.2. The Hall–Kier alpha value is -0.520. The second-order valence-corrected chi connectivity index (χ2v) is 9.28. The van der Waals surface area contributed by atoms with Crippen molar-refractivity contribution < 1.29 is 0 Å². The van der Waals surface area contributed by atoms with E-state index in [0.717, 1.165) is 17.8 Å². The summed E-state index contributed by atoms with van der Waals surface area (Å²) in [7, 11) is 0. The van der Waals surface area contributed by atoms with E-state index in [9.17, 15) is 0 Å². The lowest BCUT2D eigenvalue weighted by molar-refractivity contribution is -0.0784. The molecule has 5 atom stereocenters. The zero-order valence-corrected chi connectivity index (χ0v) is 13.5. The Morgan fingerprint density at radius 1 is 1.15 bits per heavy atom. The van der Waals surface area contributed by atoms with Crippen molar-refractivity contribution in [3.8, 4) is 0 Å². The Bertz CT molecular complexity index is 482. The molecule has 3 fully saturated rings. The highest BCUT2D eigenvalue weighted by atomic mass is 14.6. The van der Waals surface area contributed by atoms with Gasteiger partial charge in [0, 0.05) is 0 Å². The average Bonchev–Trinajstić information content (AvgIpc) is 2.58. The van der Waals surface area contributed by atoms with Gasteiger partial charge in [0.2, 0.25) is 0 Å². The first kappa shape index (κ1) is 13.2. The van der Waals surface area contributed by atoms with Gasteiger partial charge in [0.25, 0.3) is 0 Å². The van der Waals surface area contributed by atoms with E-state index in [1.165, 1.54) is 44.9 Å². The first-order valence-electron chi connectivity index (χ1n) is 8.74. The molecule has 0 nitrogen and oxygen atoms in total. The fourth-order valence-corrected chi connectivity index (χ4v) is 6.99. The summed E-state index contributed by atoms with van der Waals surface area (Å²) in [6.07, 6.45) is 15.2. The van der Waals surface area contributed by atoms with Crippen LogP contribution in [0, 0.1) is 34.0 Å². The van der Waals surface area contributed by atoms with E-state index < -0.39 is 0 Å². The topological polar surface area (TPSA) is 0 Å². The minimum absolute atomic E-state index is 0.498. The number of allylic oxidation sites excluding steroid dienone is 3. The van der Waals surface area contributed by atoms with Gasteiger partial charge in [-0.25, -0.2) is 0 Å². The predicted octanol–water partition coefficient (Wildman–Crippen LogP) is 5.75. The molecule has 0 aromatic carbocycles. The van der Waals surface area contributed by atoms with Crippen LogP contribution in [0.4, 0.5) is 0 Å². The fraction of sp³-hybridized carbons (Fsp3) is 0.800. The van der Waals surface area contributed by atoms with Crippen molar-refractivity contribution in [3.63, 3.8) is 0 Å². The van der Waals surface area contributed by atoms with E-state index in [-0.39, 0.29) is 0 Å². The Morgan fingerprint density at radius 3 is 2.75 bits per heavy atom. The van der Waals surface area contributed by atoms with E-state index >= 15 is 0 Å². The van der Waals surface area contributed by atoms with Gasteiger partial charge in [0.15, 0.2) is 0 Å². The van der Waals surface area contributed by atoms with Crippen LogP contribution in [0.5, 0.6) is 0 Å². The standard InChI is InChI=1S/C20H30/c1-14-12-20-11-8-16-18(2,3)9-5-10-19(16,4)17(20)7-6-15(14)13-20/h8,11,15-17H,1,5-7,9-10,12-13H2,2-4H3/t15-,16-,17+,19-,20-/m0/s1. The van der Waals surface area contributed by atoms with Gasteiger partial charge in [0.1, 0.15) is 0 Å². The molecule has 2 bridgehead atoms. The van der Waals surface area contributed by atoms with Crippen molar-refractivity contribution in [3.05, 3.63) is 24.3 Å². The molecule has 0 aliphatic heterocycles. The van der Waals surface area contributed by atoms with Gasteiger partial charge in [-0.15, -0.1) is 0 Å². The van der Waals surface area contributed by atoms with Crippen LogP contribution in [0.3, 0.4) is 0 Å². The molecule has 1 spiro atoms. The van der Waals surface area contributed by atoms with Crippen molar-refractivity contribution in [2.75, 3.05) is 0 Å². The fourth-order valence-electron chi connectivity index (χ4n) is 6.99. The molecule has 0 aromatic heterocycles. The summed E-state index contributed by atoms with van der Waals surface area (Å²) >= 11 is 0. The van der Waals surface area contributed by atoms with E-state index in [4.69, 9.17) is 0 Å². The summed E-state index contributed by atoms with van der Waals surface area (Å²) in [6.45, 7) is 12.1. The van der Waals surface area contributed by atoms with Crippen LogP contribution in [0.15, 0.2) is 24.3 Å². The second kappa shape index (κ2) is 3.81. The summed E-state index contributed by atoms with van der Waals surface area (Å²) in [6, 6.07) is 0. The van der Waals surface area contributed by atoms with Crippen molar-refractivity contribution in [2.24, 2.45) is 34.0 Å². The molecule has 4 rings (SSSR count). The summed E-state index contributed by atoms with van der Waals surface area (Å²) in [5, 5.41) is 0. The molecule has 0 unspecified atom stereocenters. The van der Waals surface area contributed by atoms with Gasteiger partial charge in [-0.2, -0.15) is 0 Å². The smallest absolute Gasteiger partial charge is 0.00417 e. The van der Waals surface area contributed by atoms with Crippen LogP contribution in [-0.4, -0.2) is 0 Å². The molecule has 110 valence electrons. The van der Waals surface area contributed by atoms with Crippen molar-refractivity contribution in [2.45, 2.75) is 65.7 Å². The van der Waals surface area contributed by atoms with E-state index in [1.807, 2.05) is 0 Å². The monoisotopic (exact) mass is 270 g/mol. The second-order valence-electron chi connectivity index (χ2n) is 9.28. The van der Waals surface area contributed by atoms with Gasteiger partial charge in [-0.1, -0.05) is 51.5 Å². The molecular formula is C20H30. The van der Waals surface area contributed by atoms with Crippen molar-refractivity contribution in [1.29, 1.82) is 0 Å². The Labute approximate surface area is 124 Å². The minimum Gasteiger partial charge on any atom is -0.0995 e. The lowest BCUT2D eigenvalue weighted by atomic mass is 9.43. The highest BCUT2D eigenvalue weighted by Gasteiger charge is 2.60. The van der Waals surface area contributed by atoms with Crippen LogP contribution in [-0.2, 0) is 0 Å². The molecule has 0 amide bonds. The Morgan fingerprint density at radius 2 is 1.95 bits per heavy atom. The Kier molecular flexibility index (Phi) is 2.51. The SMILES string of the molecule is C=C1C[C@]23C=C[C@H]4C(C)(C)CCC[C@]4(C)[C@H]2CC[C@H]1C3. The third-order valence-corrected chi connectivity index (χ3v) is 7.76. The summed E-state index contributed by atoms with van der Waals surface area (Å²) in [4.78, 5) is 0. The lowest BCUT2D eigenvalue weighted by Gasteiger charge is -2.61. The van der Waals surface area contributed by atoms with Gasteiger partial charge >= 0.3 is 0 Å². The first-order valence-corrected chi connectivity index (χ1v) is 8.74. The molecule has 4 aliphatic rings. The normalized spacial score (nSPS) is 52.5. The van der Waals surface area contributed by atoms with Crippen molar-refractivity contribution in [1.82, 2.24) is 0 Å². The third kappa shape index (κ3) is 1.49. The molecule has 20 heavy (non-hydrogen) atoms. The van der Waals surface area contributed by atoms with Gasteiger partial charge in [-0.3, -0.25) is 0 Å². The van der Waals surface area contributed by atoms with Gasteiger partial charge < -0.3 is 0 Å². The van der Waals surface area contributed by atoms with Crippen LogP contribution in [0.25, 0.3) is 0 Å². The van der Waals surface area contributed by atoms with E-state index in [1.54, 1.807) is 5.57 Å². The first-order chi connectivity index (χ1) is 9.37. The number of rotatable bonds is 0. The molecule has 0 heterocycles. The summed E-state index contributed by atoms with van der Waals surface area (Å²) < 4.78 is 0. The number of hydrogen-bond acceptors (Lipinski definition) is 0. The number of hydrogen-bond donors (Lipinski definition) is 0. The van der Waals surface area contributed by atoms with E-state index in [2.05, 4.69) is 39.5 Å². The molecule has 3 saturated carbocycles. The predicted molar refractivity (Wildman–Crippen MR) is 85.4 cm³/mol. The van der Waals surface area contributed by atoms with Crippen molar-refractivity contribution >= 4 is 0 Å².